The Morgan fingerprint density at radius 3 is 2.51 bits per heavy atom. The summed E-state index contributed by atoms with van der Waals surface area (Å²) >= 11 is 0. The van der Waals surface area contributed by atoms with Gasteiger partial charge in [0.2, 0.25) is 0 Å². The maximum atomic E-state index is 15.6. The lowest BCUT2D eigenvalue weighted by atomic mass is 9.98. The fourth-order valence-corrected chi connectivity index (χ4v) is 6.25. The Kier molecular flexibility index (Phi) is 10.0. The summed E-state index contributed by atoms with van der Waals surface area (Å²) in [7, 11) is 3.70. The number of fused-ring (bicyclic) bond motifs is 1. The number of anilines is 3. The van der Waals surface area contributed by atoms with E-state index >= 15 is 4.39 Å². The van der Waals surface area contributed by atoms with Crippen LogP contribution in [-0.2, 0) is 9.59 Å². The van der Waals surface area contributed by atoms with E-state index in [0.717, 1.165) is 25.9 Å². The zero-order valence-corrected chi connectivity index (χ0v) is 27.6. The van der Waals surface area contributed by atoms with Crippen molar-refractivity contribution in [3.8, 4) is 11.5 Å². The van der Waals surface area contributed by atoms with Gasteiger partial charge in [-0.15, -0.1) is 0 Å². The van der Waals surface area contributed by atoms with Gasteiger partial charge in [-0.2, -0.15) is 0 Å². The van der Waals surface area contributed by atoms with E-state index in [2.05, 4.69) is 45.7 Å². The predicted octanol–water partition coefficient (Wildman–Crippen LogP) is 6.43. The Bertz CT molecular complexity index is 1920. The van der Waals surface area contributed by atoms with Gasteiger partial charge < -0.3 is 29.9 Å². The van der Waals surface area contributed by atoms with Gasteiger partial charge in [-0.05, 0) is 74.3 Å². The Balaban J connectivity index is 1.19. The van der Waals surface area contributed by atoms with Gasteiger partial charge in [0.1, 0.15) is 24.0 Å². The van der Waals surface area contributed by atoms with Gasteiger partial charge >= 0.3 is 0 Å². The molecule has 49 heavy (non-hydrogen) atoms. The second kappa shape index (κ2) is 14.7. The van der Waals surface area contributed by atoms with Crippen LogP contribution in [0.2, 0.25) is 0 Å². The summed E-state index contributed by atoms with van der Waals surface area (Å²) in [6.45, 7) is 10.4. The zero-order chi connectivity index (χ0) is 34.5. The van der Waals surface area contributed by atoms with Crippen LogP contribution in [0.3, 0.4) is 0 Å². The summed E-state index contributed by atoms with van der Waals surface area (Å²) < 4.78 is 27.4. The molecule has 2 amide bonds. The summed E-state index contributed by atoms with van der Waals surface area (Å²) in [5, 5.41) is 6.47. The van der Waals surface area contributed by atoms with E-state index in [-0.39, 0.29) is 23.8 Å². The Morgan fingerprint density at radius 1 is 1.06 bits per heavy atom. The number of rotatable bonds is 12. The highest BCUT2D eigenvalue weighted by molar-refractivity contribution is 6.05. The summed E-state index contributed by atoms with van der Waals surface area (Å²) in [5.41, 5.74) is 2.67. The van der Waals surface area contributed by atoms with E-state index in [4.69, 9.17) is 9.47 Å². The van der Waals surface area contributed by atoms with Gasteiger partial charge in [-0.1, -0.05) is 55.6 Å². The van der Waals surface area contributed by atoms with E-state index in [1.807, 2.05) is 12.1 Å². The highest BCUT2D eigenvalue weighted by Crippen LogP contribution is 2.36. The quantitative estimate of drug-likeness (QED) is 0.179. The van der Waals surface area contributed by atoms with Gasteiger partial charge in [0.25, 0.3) is 11.8 Å². The Morgan fingerprint density at radius 2 is 1.84 bits per heavy atom. The molecule has 252 valence electrons. The van der Waals surface area contributed by atoms with E-state index in [1.54, 1.807) is 49.6 Å². The van der Waals surface area contributed by atoms with E-state index < -0.39 is 17.8 Å². The molecule has 1 atom stereocenters. The van der Waals surface area contributed by atoms with Crippen LogP contribution in [0.4, 0.5) is 21.6 Å². The molecule has 1 fully saturated rings. The van der Waals surface area contributed by atoms with Crippen LogP contribution in [0.5, 0.6) is 11.5 Å². The van der Waals surface area contributed by atoms with Gasteiger partial charge in [-0.25, -0.2) is 14.4 Å². The number of methoxy groups -OCH3 is 1. The lowest BCUT2D eigenvalue weighted by molar-refractivity contribution is -0.134. The van der Waals surface area contributed by atoms with Crippen LogP contribution >= 0.6 is 0 Å². The first kappa shape index (κ1) is 33.4. The maximum absolute atomic E-state index is 15.6. The van der Waals surface area contributed by atoms with Crippen LogP contribution in [0.1, 0.15) is 24.4 Å². The van der Waals surface area contributed by atoms with E-state index in [0.29, 0.717) is 57.5 Å². The average molecular weight is 663 g/mol. The van der Waals surface area contributed by atoms with Crippen molar-refractivity contribution in [2.45, 2.75) is 18.9 Å². The molecule has 4 aromatic rings. The van der Waals surface area contributed by atoms with E-state index in [9.17, 15) is 9.59 Å². The molecular formula is C38H39FN6O4. The molecule has 6 rings (SSSR count). The van der Waals surface area contributed by atoms with Crippen LogP contribution in [0.15, 0.2) is 103 Å². The lowest BCUT2D eigenvalue weighted by Crippen LogP contribution is -2.39. The largest absolute Gasteiger partial charge is 0.493 e. The molecule has 0 spiro atoms. The summed E-state index contributed by atoms with van der Waals surface area (Å²) in [6, 6.07) is 15.9. The summed E-state index contributed by atoms with van der Waals surface area (Å²) in [6.07, 6.45) is 6.62. The summed E-state index contributed by atoms with van der Waals surface area (Å²) in [4.78, 5) is 39.6. The molecule has 0 unspecified atom stereocenters. The molecule has 11 heteroatoms. The number of amides is 2. The molecule has 2 N–H and O–H groups in total. The molecule has 3 heterocycles. The SMILES string of the molecule is C=CC1=C(C=C)C(=O)N([C@@H](C(=O)Nc2ccc(Nc3ncnc4cc(OCC5CCN(C)CC5)c(OC)cc34)c(F)c2)c2ccccc2)C1. The first-order valence-corrected chi connectivity index (χ1v) is 16.1. The zero-order valence-electron chi connectivity index (χ0n) is 27.6. The summed E-state index contributed by atoms with van der Waals surface area (Å²) in [5.74, 6) is 0.520. The van der Waals surface area contributed by atoms with Crippen molar-refractivity contribution in [3.63, 3.8) is 0 Å². The van der Waals surface area contributed by atoms with Crippen molar-refractivity contribution in [3.05, 3.63) is 115 Å². The Hall–Kier alpha value is -5.55. The number of benzene rings is 3. The monoisotopic (exact) mass is 662 g/mol. The van der Waals surface area contributed by atoms with Crippen molar-refractivity contribution in [1.82, 2.24) is 19.8 Å². The van der Waals surface area contributed by atoms with Crippen LogP contribution in [-0.4, -0.2) is 72.0 Å². The topological polar surface area (TPSA) is 109 Å². The Labute approximate surface area is 284 Å². The third kappa shape index (κ3) is 7.17. The number of likely N-dealkylation sites (tertiary alicyclic amines) is 1. The fraction of sp³-hybridized carbons (Fsp3) is 0.263. The number of ether oxygens (including phenoxy) is 2. The lowest BCUT2D eigenvalue weighted by Gasteiger charge is -2.28. The second-order valence-corrected chi connectivity index (χ2v) is 12.2. The van der Waals surface area contributed by atoms with Crippen molar-refractivity contribution in [1.29, 1.82) is 0 Å². The van der Waals surface area contributed by atoms with Crippen molar-refractivity contribution >= 4 is 39.9 Å². The molecule has 2 aliphatic rings. The third-order valence-corrected chi connectivity index (χ3v) is 9.03. The van der Waals surface area contributed by atoms with Gasteiger partial charge in [0.15, 0.2) is 11.5 Å². The van der Waals surface area contributed by atoms with Crippen molar-refractivity contribution < 1.29 is 23.5 Å². The van der Waals surface area contributed by atoms with Gasteiger partial charge in [-0.3, -0.25) is 9.59 Å². The third-order valence-electron chi connectivity index (χ3n) is 9.03. The maximum Gasteiger partial charge on any atom is 0.255 e. The minimum Gasteiger partial charge on any atom is -0.493 e. The molecule has 0 saturated carbocycles. The van der Waals surface area contributed by atoms with Crippen LogP contribution in [0.25, 0.3) is 10.9 Å². The molecule has 3 aromatic carbocycles. The number of piperidine rings is 1. The molecule has 0 aliphatic carbocycles. The highest BCUT2D eigenvalue weighted by atomic mass is 19.1. The smallest absolute Gasteiger partial charge is 0.255 e. The molecule has 1 saturated heterocycles. The first-order valence-electron chi connectivity index (χ1n) is 16.1. The number of hydrogen-bond acceptors (Lipinski definition) is 8. The minimum atomic E-state index is -0.970. The standard InChI is InChI=1S/C38H39FN6O4/c1-5-25-21-45(38(47)28(25)6-2)35(26-10-8-7-9-11-26)37(46)42-27-12-13-31(30(39)18-27)43-36-29-19-33(48-4)34(20-32(29)40-23-41-36)49-22-24-14-16-44(3)17-15-24/h5-13,18-20,23-24,35H,1-2,14-17,21-22H2,3-4H3,(H,42,46)(H,40,41,43)/t35-/m1/s1. The predicted molar refractivity (Wildman–Crippen MR) is 188 cm³/mol. The van der Waals surface area contributed by atoms with Gasteiger partial charge in [0.05, 0.1) is 24.9 Å². The number of halogens is 1. The molecular weight excluding hydrogens is 623 g/mol. The number of nitrogens with one attached hydrogen (secondary N) is 2. The highest BCUT2D eigenvalue weighted by Gasteiger charge is 2.37. The molecule has 10 nitrogen and oxygen atoms in total. The number of carbonyl (C=O) groups excluding carboxylic acids is 2. The minimum absolute atomic E-state index is 0.143. The van der Waals surface area contributed by atoms with Crippen molar-refractivity contribution in [2.75, 3.05) is 51.0 Å². The number of carbonyl (C=O) groups is 2. The number of hydrogen-bond donors (Lipinski definition) is 2. The van der Waals surface area contributed by atoms with Crippen LogP contribution < -0.4 is 20.1 Å². The molecule has 1 aromatic heterocycles. The van der Waals surface area contributed by atoms with Crippen molar-refractivity contribution in [2.24, 2.45) is 5.92 Å². The van der Waals surface area contributed by atoms with E-state index in [1.165, 1.54) is 29.4 Å². The molecule has 0 radical (unpaired) electrons. The average Bonchev–Trinajstić information content (AvgIpc) is 3.43. The molecule has 0 bridgehead atoms. The first-order chi connectivity index (χ1) is 23.8. The van der Waals surface area contributed by atoms with Gasteiger partial charge in [0, 0.05) is 29.3 Å². The van der Waals surface area contributed by atoms with Crippen LogP contribution in [0, 0.1) is 11.7 Å². The fourth-order valence-electron chi connectivity index (χ4n) is 6.25. The molecule has 2 aliphatic heterocycles. The normalized spacial score (nSPS) is 16.1. The number of aromatic nitrogens is 2. The number of nitrogens with zero attached hydrogens (tertiary/aromatic N) is 4. The second-order valence-electron chi connectivity index (χ2n) is 12.2.